The molecule has 0 nitrogen and oxygen atoms in total. The molecule has 0 atom stereocenters. The van der Waals surface area contributed by atoms with Crippen molar-refractivity contribution in [2.24, 2.45) is 5.41 Å². The zero-order valence-electron chi connectivity index (χ0n) is 10.7. The van der Waals surface area contributed by atoms with Gasteiger partial charge in [0.1, 0.15) is 0 Å². The molecule has 0 saturated carbocycles. The molecular weight excluding hydrogens is 271 g/mol. The molecule has 0 aromatic heterocycles. The molecule has 1 heterocycles. The molecule has 1 aliphatic heterocycles. The van der Waals surface area contributed by atoms with Crippen molar-refractivity contribution in [3.63, 3.8) is 0 Å². The monoisotopic (exact) mass is 294 g/mol. The summed E-state index contributed by atoms with van der Waals surface area (Å²) in [5.41, 5.74) is 5.14. The van der Waals surface area contributed by atoms with Crippen LogP contribution in [0.25, 0.3) is 0 Å². The maximum absolute atomic E-state index is 4.23. The van der Waals surface area contributed by atoms with E-state index < -0.39 is 14.8 Å². The molecule has 2 aliphatic rings. The van der Waals surface area contributed by atoms with Gasteiger partial charge in [0.05, 0.1) is 0 Å². The summed E-state index contributed by atoms with van der Waals surface area (Å²) in [6, 6.07) is 0. The van der Waals surface area contributed by atoms with Gasteiger partial charge >= 0.3 is 97.7 Å². The van der Waals surface area contributed by atoms with Gasteiger partial charge in [0, 0.05) is 0 Å². The van der Waals surface area contributed by atoms with Gasteiger partial charge in [0.25, 0.3) is 0 Å². The van der Waals surface area contributed by atoms with Crippen LogP contribution in [0.5, 0.6) is 0 Å². The van der Waals surface area contributed by atoms with Crippen LogP contribution < -0.4 is 0 Å². The van der Waals surface area contributed by atoms with E-state index in [1.54, 1.807) is 16.7 Å². The van der Waals surface area contributed by atoms with E-state index in [-0.39, 0.29) is 0 Å². The molecular formula is C14H23Rh. The molecule has 1 heteroatoms. The Morgan fingerprint density at radius 3 is 1.93 bits per heavy atom. The molecule has 1 fully saturated rings. The van der Waals surface area contributed by atoms with Crippen LogP contribution in [0.3, 0.4) is 0 Å². The van der Waals surface area contributed by atoms with Gasteiger partial charge in [-0.15, -0.1) is 0 Å². The third-order valence-corrected chi connectivity index (χ3v) is 11.9. The summed E-state index contributed by atoms with van der Waals surface area (Å²) in [6.45, 7) is 16.0. The van der Waals surface area contributed by atoms with Crippen LogP contribution in [-0.4, -0.2) is 0 Å². The fourth-order valence-corrected chi connectivity index (χ4v) is 11.1. The van der Waals surface area contributed by atoms with E-state index in [4.69, 9.17) is 0 Å². The number of allylic oxidation sites excluding steroid dienone is 4. The van der Waals surface area contributed by atoms with Crippen molar-refractivity contribution >= 4 is 0 Å². The van der Waals surface area contributed by atoms with Crippen molar-refractivity contribution in [2.45, 2.75) is 49.7 Å². The van der Waals surface area contributed by atoms with Crippen molar-refractivity contribution in [1.29, 1.82) is 0 Å². The van der Waals surface area contributed by atoms with E-state index in [1.165, 1.54) is 15.0 Å². The minimum absolute atomic E-state index is 0.351. The van der Waals surface area contributed by atoms with E-state index >= 15 is 0 Å². The molecule has 15 heavy (non-hydrogen) atoms. The van der Waals surface area contributed by atoms with Crippen molar-refractivity contribution < 1.29 is 14.8 Å². The van der Waals surface area contributed by atoms with Crippen LogP contribution >= 0.6 is 0 Å². The van der Waals surface area contributed by atoms with Gasteiger partial charge in [-0.05, 0) is 0 Å². The van der Waals surface area contributed by atoms with Gasteiger partial charge in [0.2, 0.25) is 0 Å². The minimum atomic E-state index is -1.28. The first kappa shape index (κ1) is 11.6. The molecule has 2 rings (SSSR count). The molecule has 0 aromatic rings. The molecule has 1 saturated heterocycles. The Hall–Kier alpha value is 0.103. The predicted molar refractivity (Wildman–Crippen MR) is 64.6 cm³/mol. The van der Waals surface area contributed by atoms with Crippen LogP contribution in [0.4, 0.5) is 0 Å². The molecule has 0 spiro atoms. The van der Waals surface area contributed by atoms with Crippen LogP contribution in [0.2, 0.25) is 15.0 Å². The van der Waals surface area contributed by atoms with E-state index in [2.05, 4.69) is 41.5 Å². The van der Waals surface area contributed by atoms with E-state index in [0.717, 1.165) is 0 Å². The maximum atomic E-state index is 4.23. The second-order valence-corrected chi connectivity index (χ2v) is 12.6. The van der Waals surface area contributed by atoms with Crippen LogP contribution in [0.15, 0.2) is 20.9 Å². The summed E-state index contributed by atoms with van der Waals surface area (Å²) >= 11 is -1.28. The van der Waals surface area contributed by atoms with Crippen molar-refractivity contribution in [3.05, 3.63) is 27.8 Å². The van der Waals surface area contributed by atoms with Crippen molar-refractivity contribution in [3.8, 4) is 0 Å². The Balaban J connectivity index is 2.51. The SMILES string of the molecule is [CH2][CH2][Rh]1([C]2=C(C)C(C)=C(C)C2(C)C)[CH2][CH2]1. The summed E-state index contributed by atoms with van der Waals surface area (Å²) in [7, 11) is 0. The first-order valence-electron chi connectivity index (χ1n) is 5.62. The molecule has 0 N–H and O–H groups in total. The Labute approximate surface area is 97.7 Å². The van der Waals surface area contributed by atoms with Crippen molar-refractivity contribution in [1.82, 2.24) is 0 Å². The van der Waals surface area contributed by atoms with Crippen LogP contribution in [0.1, 0.15) is 34.6 Å². The summed E-state index contributed by atoms with van der Waals surface area (Å²) in [4.78, 5) is 0. The first-order valence-corrected chi connectivity index (χ1v) is 9.92. The van der Waals surface area contributed by atoms with Gasteiger partial charge in [0.15, 0.2) is 0 Å². The van der Waals surface area contributed by atoms with E-state index in [9.17, 15) is 0 Å². The second kappa shape index (κ2) is 3.30. The predicted octanol–water partition coefficient (Wildman–Crippen LogP) is 4.89. The topological polar surface area (TPSA) is 0 Å². The summed E-state index contributed by atoms with van der Waals surface area (Å²) in [5.74, 6) is 0. The van der Waals surface area contributed by atoms with Gasteiger partial charge in [-0.3, -0.25) is 0 Å². The Morgan fingerprint density at radius 1 is 1.13 bits per heavy atom. The summed E-state index contributed by atoms with van der Waals surface area (Å²) in [6.07, 6.45) is 0. The normalized spacial score (nSPS) is 29.7. The zero-order chi connectivity index (χ0) is 11.4. The van der Waals surface area contributed by atoms with E-state index in [0.29, 0.717) is 5.41 Å². The third-order valence-electron chi connectivity index (χ3n) is 4.14. The number of hydrogen-bond donors (Lipinski definition) is 0. The fourth-order valence-electron chi connectivity index (χ4n) is 2.72. The molecule has 0 aromatic carbocycles. The average Bonchev–Trinajstić information content (AvgIpc) is 2.93. The number of rotatable bonds is 2. The molecule has 1 radical (unpaired) electrons. The van der Waals surface area contributed by atoms with Gasteiger partial charge in [-0.2, -0.15) is 0 Å². The van der Waals surface area contributed by atoms with Crippen molar-refractivity contribution in [2.75, 3.05) is 0 Å². The molecule has 88 valence electrons. The summed E-state index contributed by atoms with van der Waals surface area (Å²) in [5, 5.41) is 4.26. The van der Waals surface area contributed by atoms with Gasteiger partial charge in [-0.1, -0.05) is 0 Å². The molecule has 0 bridgehead atoms. The third kappa shape index (κ3) is 1.42. The summed E-state index contributed by atoms with van der Waals surface area (Å²) < 4.78 is 1.85. The quantitative estimate of drug-likeness (QED) is 0.636. The van der Waals surface area contributed by atoms with Gasteiger partial charge in [-0.25, -0.2) is 0 Å². The van der Waals surface area contributed by atoms with Crippen LogP contribution in [0, 0.1) is 12.3 Å². The molecule has 0 unspecified atom stereocenters. The standard InChI is InChI=1S/C10H15.2C2H4.Rh/c1-7-6-10(4,5)9(3)8(7)2;2*1-2;/h1-5H3;2*1-2H2;. The Kier molecular flexibility index (Phi) is 2.55. The van der Waals surface area contributed by atoms with Crippen LogP contribution in [-0.2, 0) is 14.8 Å². The molecule has 1 aliphatic carbocycles. The Bertz CT molecular complexity index is 365. The number of hydrogen-bond acceptors (Lipinski definition) is 0. The zero-order valence-corrected chi connectivity index (χ0v) is 12.3. The van der Waals surface area contributed by atoms with E-state index in [1.807, 2.05) is 4.17 Å². The Morgan fingerprint density at radius 2 is 1.67 bits per heavy atom. The second-order valence-electron chi connectivity index (χ2n) is 5.15. The first-order chi connectivity index (χ1) is 6.87. The van der Waals surface area contributed by atoms with Gasteiger partial charge < -0.3 is 0 Å². The average molecular weight is 294 g/mol. The molecule has 0 amide bonds. The fraction of sp³-hybridized carbons (Fsp3) is 0.643.